The van der Waals surface area contributed by atoms with E-state index in [1.54, 1.807) is 12.1 Å². The standard InChI is InChI=1S/C10H14N4/c1-3-5-8(4-2)12-10-7-6-9(11)13-14-10/h2,6-8H,3,5H2,1H3,(H2,11,13)(H,12,14). The van der Waals surface area contributed by atoms with Gasteiger partial charge in [0.05, 0.1) is 6.04 Å². The molecule has 1 unspecified atom stereocenters. The van der Waals surface area contributed by atoms with Crippen LogP contribution in [0.2, 0.25) is 0 Å². The van der Waals surface area contributed by atoms with Crippen molar-refractivity contribution in [2.24, 2.45) is 0 Å². The van der Waals surface area contributed by atoms with Gasteiger partial charge in [-0.1, -0.05) is 19.3 Å². The van der Waals surface area contributed by atoms with Crippen LogP contribution in [0.15, 0.2) is 12.1 Å². The van der Waals surface area contributed by atoms with Gasteiger partial charge in [0.25, 0.3) is 0 Å². The first-order valence-corrected chi connectivity index (χ1v) is 4.58. The second kappa shape index (κ2) is 5.07. The molecule has 1 aromatic rings. The Morgan fingerprint density at radius 1 is 1.57 bits per heavy atom. The minimum absolute atomic E-state index is 0.0120. The molecule has 0 aliphatic rings. The summed E-state index contributed by atoms with van der Waals surface area (Å²) in [4.78, 5) is 0. The molecule has 3 N–H and O–H groups in total. The van der Waals surface area contributed by atoms with Gasteiger partial charge in [0.15, 0.2) is 0 Å². The van der Waals surface area contributed by atoms with Crippen LogP contribution in [0.5, 0.6) is 0 Å². The first kappa shape index (κ1) is 10.3. The lowest BCUT2D eigenvalue weighted by molar-refractivity contribution is 0.750. The molecule has 1 rings (SSSR count). The average Bonchev–Trinajstić information content (AvgIpc) is 2.20. The zero-order chi connectivity index (χ0) is 10.4. The Balaban J connectivity index is 2.59. The van der Waals surface area contributed by atoms with Crippen molar-refractivity contribution < 1.29 is 0 Å². The summed E-state index contributed by atoms with van der Waals surface area (Å²) in [5, 5.41) is 10.7. The molecule has 0 fully saturated rings. The van der Waals surface area contributed by atoms with Crippen LogP contribution < -0.4 is 11.1 Å². The minimum Gasteiger partial charge on any atom is -0.382 e. The summed E-state index contributed by atoms with van der Waals surface area (Å²) in [7, 11) is 0. The minimum atomic E-state index is 0.0120. The van der Waals surface area contributed by atoms with Crippen LogP contribution in [0.25, 0.3) is 0 Å². The van der Waals surface area contributed by atoms with Gasteiger partial charge in [-0.3, -0.25) is 0 Å². The van der Waals surface area contributed by atoms with Gasteiger partial charge in [-0.25, -0.2) is 0 Å². The predicted molar refractivity (Wildman–Crippen MR) is 57.6 cm³/mol. The van der Waals surface area contributed by atoms with Crippen LogP contribution in [0, 0.1) is 12.3 Å². The largest absolute Gasteiger partial charge is 0.382 e. The van der Waals surface area contributed by atoms with Crippen LogP contribution in [0.4, 0.5) is 11.6 Å². The summed E-state index contributed by atoms with van der Waals surface area (Å²) in [6, 6.07) is 3.47. The summed E-state index contributed by atoms with van der Waals surface area (Å²) in [5.41, 5.74) is 5.41. The number of hydrogen-bond acceptors (Lipinski definition) is 4. The fourth-order valence-electron chi connectivity index (χ4n) is 1.08. The van der Waals surface area contributed by atoms with E-state index in [4.69, 9.17) is 12.2 Å². The highest BCUT2D eigenvalue weighted by molar-refractivity contribution is 5.40. The Labute approximate surface area is 83.9 Å². The number of anilines is 2. The fourth-order valence-corrected chi connectivity index (χ4v) is 1.08. The Kier molecular flexibility index (Phi) is 3.74. The highest BCUT2D eigenvalue weighted by atomic mass is 15.2. The third-order valence-corrected chi connectivity index (χ3v) is 1.79. The molecule has 0 saturated carbocycles. The fraction of sp³-hybridized carbons (Fsp3) is 0.400. The van der Waals surface area contributed by atoms with Crippen LogP contribution in [0.3, 0.4) is 0 Å². The van der Waals surface area contributed by atoms with Crippen LogP contribution in [-0.2, 0) is 0 Å². The molecule has 74 valence electrons. The molecule has 0 bridgehead atoms. The number of hydrogen-bond donors (Lipinski definition) is 2. The average molecular weight is 190 g/mol. The molecule has 0 spiro atoms. The van der Waals surface area contributed by atoms with E-state index in [0.29, 0.717) is 11.6 Å². The van der Waals surface area contributed by atoms with E-state index >= 15 is 0 Å². The molecule has 4 heteroatoms. The van der Waals surface area contributed by atoms with Gasteiger partial charge >= 0.3 is 0 Å². The SMILES string of the molecule is C#CC(CCC)Nc1ccc(N)nn1. The van der Waals surface area contributed by atoms with Gasteiger partial charge in [-0.05, 0) is 18.6 Å². The van der Waals surface area contributed by atoms with E-state index in [0.717, 1.165) is 12.8 Å². The molecule has 0 amide bonds. The molecule has 0 aliphatic carbocycles. The van der Waals surface area contributed by atoms with Crippen LogP contribution >= 0.6 is 0 Å². The highest BCUT2D eigenvalue weighted by Gasteiger charge is 2.03. The number of aromatic nitrogens is 2. The molecule has 4 nitrogen and oxygen atoms in total. The van der Waals surface area contributed by atoms with Gasteiger partial charge in [-0.15, -0.1) is 16.6 Å². The van der Waals surface area contributed by atoms with Crippen molar-refractivity contribution in [3.63, 3.8) is 0 Å². The highest BCUT2D eigenvalue weighted by Crippen LogP contribution is 2.07. The zero-order valence-electron chi connectivity index (χ0n) is 8.20. The molecule has 1 aromatic heterocycles. The Morgan fingerprint density at radius 3 is 2.86 bits per heavy atom. The Bertz CT molecular complexity index is 312. The molecule has 0 aromatic carbocycles. The monoisotopic (exact) mass is 190 g/mol. The quantitative estimate of drug-likeness (QED) is 0.702. The second-order valence-electron chi connectivity index (χ2n) is 3.00. The third kappa shape index (κ3) is 2.94. The number of terminal acetylenes is 1. The van der Waals surface area contributed by atoms with Crippen molar-refractivity contribution in [1.82, 2.24) is 10.2 Å². The third-order valence-electron chi connectivity index (χ3n) is 1.79. The number of rotatable bonds is 4. The van der Waals surface area contributed by atoms with Crippen LogP contribution in [-0.4, -0.2) is 16.2 Å². The molecule has 0 radical (unpaired) electrons. The molecule has 1 heterocycles. The molecule has 14 heavy (non-hydrogen) atoms. The zero-order valence-corrected chi connectivity index (χ0v) is 8.20. The van der Waals surface area contributed by atoms with Gasteiger partial charge in [-0.2, -0.15) is 0 Å². The van der Waals surface area contributed by atoms with Crippen molar-refractivity contribution >= 4 is 11.6 Å². The maximum Gasteiger partial charge on any atom is 0.149 e. The van der Waals surface area contributed by atoms with Crippen molar-refractivity contribution in [2.45, 2.75) is 25.8 Å². The van der Waals surface area contributed by atoms with Gasteiger partial charge in [0, 0.05) is 0 Å². The molecular weight excluding hydrogens is 176 g/mol. The van der Waals surface area contributed by atoms with Crippen molar-refractivity contribution in [3.05, 3.63) is 12.1 Å². The van der Waals surface area contributed by atoms with E-state index < -0.39 is 0 Å². The number of nitrogen functional groups attached to an aromatic ring is 1. The lowest BCUT2D eigenvalue weighted by Gasteiger charge is -2.11. The summed E-state index contributed by atoms with van der Waals surface area (Å²) in [6.45, 7) is 2.08. The molecule has 1 atom stereocenters. The molecule has 0 aliphatic heterocycles. The lowest BCUT2D eigenvalue weighted by atomic mass is 10.2. The van der Waals surface area contributed by atoms with E-state index in [1.165, 1.54) is 0 Å². The number of nitrogens with two attached hydrogens (primary N) is 1. The summed E-state index contributed by atoms with van der Waals surface area (Å²) >= 11 is 0. The molecular formula is C10H14N4. The topological polar surface area (TPSA) is 63.8 Å². The van der Waals surface area contributed by atoms with Crippen molar-refractivity contribution in [1.29, 1.82) is 0 Å². The number of nitrogens with one attached hydrogen (secondary N) is 1. The van der Waals surface area contributed by atoms with E-state index in [2.05, 4.69) is 28.4 Å². The molecule has 0 saturated heterocycles. The van der Waals surface area contributed by atoms with Gasteiger partial charge in [0.1, 0.15) is 11.6 Å². The maximum atomic E-state index is 5.41. The van der Waals surface area contributed by atoms with E-state index in [9.17, 15) is 0 Å². The van der Waals surface area contributed by atoms with Gasteiger partial charge in [0.2, 0.25) is 0 Å². The van der Waals surface area contributed by atoms with Crippen molar-refractivity contribution in [2.75, 3.05) is 11.1 Å². The van der Waals surface area contributed by atoms with Gasteiger partial charge < -0.3 is 11.1 Å². The lowest BCUT2D eigenvalue weighted by Crippen LogP contribution is -2.17. The maximum absolute atomic E-state index is 5.41. The number of nitrogens with zero attached hydrogens (tertiary/aromatic N) is 2. The van der Waals surface area contributed by atoms with E-state index in [1.807, 2.05) is 0 Å². The first-order valence-electron chi connectivity index (χ1n) is 4.58. The summed E-state index contributed by atoms with van der Waals surface area (Å²) in [5.74, 6) is 3.72. The van der Waals surface area contributed by atoms with Crippen LogP contribution in [0.1, 0.15) is 19.8 Å². The smallest absolute Gasteiger partial charge is 0.149 e. The predicted octanol–water partition coefficient (Wildman–Crippen LogP) is 1.27. The normalized spacial score (nSPS) is 11.7. The summed E-state index contributed by atoms with van der Waals surface area (Å²) < 4.78 is 0. The summed E-state index contributed by atoms with van der Waals surface area (Å²) in [6.07, 6.45) is 7.30. The second-order valence-corrected chi connectivity index (χ2v) is 3.00. The Morgan fingerprint density at radius 2 is 2.36 bits per heavy atom. The van der Waals surface area contributed by atoms with Crippen molar-refractivity contribution in [3.8, 4) is 12.3 Å². The Hall–Kier alpha value is -1.76. The first-order chi connectivity index (χ1) is 6.76. The van der Waals surface area contributed by atoms with E-state index in [-0.39, 0.29) is 6.04 Å².